The van der Waals surface area contributed by atoms with Gasteiger partial charge >= 0.3 is 6.18 Å². The van der Waals surface area contributed by atoms with Gasteiger partial charge in [0.15, 0.2) is 0 Å². The molecule has 4 nitrogen and oxygen atoms in total. The van der Waals surface area contributed by atoms with Crippen LogP contribution >= 0.6 is 0 Å². The van der Waals surface area contributed by atoms with E-state index in [2.05, 4.69) is 0 Å². The molecule has 7 heteroatoms. The van der Waals surface area contributed by atoms with Crippen molar-refractivity contribution in [3.8, 4) is 0 Å². The van der Waals surface area contributed by atoms with Gasteiger partial charge in [0.1, 0.15) is 0 Å². The number of aliphatic hydroxyl groups excluding tert-OH is 1. The predicted octanol–water partition coefficient (Wildman–Crippen LogP) is 0.856. The second-order valence-electron chi connectivity index (χ2n) is 4.45. The summed E-state index contributed by atoms with van der Waals surface area (Å²) >= 11 is 0. The maximum absolute atomic E-state index is 12.3. The smallest absolute Gasteiger partial charge is 0.396 e. The SMILES string of the molecule is O=C1CCCN1CCN(CCCO)CC(F)(F)F. The highest BCUT2D eigenvalue weighted by Crippen LogP contribution is 2.17. The van der Waals surface area contributed by atoms with E-state index < -0.39 is 12.7 Å². The molecule has 0 bridgehead atoms. The van der Waals surface area contributed by atoms with Gasteiger partial charge in [0.25, 0.3) is 0 Å². The minimum Gasteiger partial charge on any atom is -0.396 e. The number of alkyl halides is 3. The Morgan fingerprint density at radius 3 is 2.56 bits per heavy atom. The normalized spacial score (nSPS) is 16.9. The second-order valence-corrected chi connectivity index (χ2v) is 4.45. The first-order valence-electron chi connectivity index (χ1n) is 6.10. The molecule has 0 aromatic heterocycles. The molecule has 0 radical (unpaired) electrons. The molecule has 0 aromatic rings. The molecule has 0 unspecified atom stereocenters. The Morgan fingerprint density at radius 2 is 2.06 bits per heavy atom. The van der Waals surface area contributed by atoms with Crippen LogP contribution < -0.4 is 0 Å². The average molecular weight is 268 g/mol. The van der Waals surface area contributed by atoms with Gasteiger partial charge in [0, 0.05) is 39.2 Å². The van der Waals surface area contributed by atoms with Gasteiger partial charge in [-0.15, -0.1) is 0 Å². The molecule has 1 heterocycles. The Morgan fingerprint density at radius 1 is 1.33 bits per heavy atom. The zero-order chi connectivity index (χ0) is 13.6. The van der Waals surface area contributed by atoms with E-state index in [-0.39, 0.29) is 25.6 Å². The first-order chi connectivity index (χ1) is 8.42. The number of hydrogen-bond donors (Lipinski definition) is 1. The first-order valence-corrected chi connectivity index (χ1v) is 6.10. The minimum atomic E-state index is -4.25. The van der Waals surface area contributed by atoms with E-state index >= 15 is 0 Å². The lowest BCUT2D eigenvalue weighted by molar-refractivity contribution is -0.147. The minimum absolute atomic E-state index is 0.0177. The lowest BCUT2D eigenvalue weighted by Crippen LogP contribution is -2.41. The molecule has 0 spiro atoms. The Hall–Kier alpha value is -0.820. The molecule has 1 aliphatic heterocycles. The lowest BCUT2D eigenvalue weighted by Gasteiger charge is -2.26. The maximum Gasteiger partial charge on any atom is 0.401 e. The fourth-order valence-electron chi connectivity index (χ4n) is 2.02. The fraction of sp³-hybridized carbons (Fsp3) is 0.909. The van der Waals surface area contributed by atoms with Gasteiger partial charge in [-0.2, -0.15) is 13.2 Å². The molecule has 0 atom stereocenters. The molecule has 1 rings (SSSR count). The second kappa shape index (κ2) is 6.94. The molecule has 1 N–H and O–H groups in total. The molecular weight excluding hydrogens is 249 g/mol. The third-order valence-corrected chi connectivity index (χ3v) is 2.89. The van der Waals surface area contributed by atoms with Crippen molar-refractivity contribution in [2.45, 2.75) is 25.4 Å². The van der Waals surface area contributed by atoms with Crippen LogP contribution in [0.3, 0.4) is 0 Å². The van der Waals surface area contributed by atoms with Crippen molar-refractivity contribution in [1.29, 1.82) is 0 Å². The van der Waals surface area contributed by atoms with Crippen LogP contribution in [-0.2, 0) is 4.79 Å². The highest BCUT2D eigenvalue weighted by molar-refractivity contribution is 5.78. The van der Waals surface area contributed by atoms with Crippen LogP contribution in [0.15, 0.2) is 0 Å². The van der Waals surface area contributed by atoms with E-state index in [1.807, 2.05) is 0 Å². The Kier molecular flexibility index (Phi) is 5.87. The topological polar surface area (TPSA) is 43.8 Å². The van der Waals surface area contributed by atoms with Gasteiger partial charge in [-0.25, -0.2) is 0 Å². The van der Waals surface area contributed by atoms with Crippen LogP contribution in [0.4, 0.5) is 13.2 Å². The van der Waals surface area contributed by atoms with Crippen molar-refractivity contribution >= 4 is 5.91 Å². The quantitative estimate of drug-likeness (QED) is 0.744. The number of hydrogen-bond acceptors (Lipinski definition) is 3. The number of likely N-dealkylation sites (tertiary alicyclic amines) is 1. The van der Waals surface area contributed by atoms with Gasteiger partial charge < -0.3 is 10.0 Å². The lowest BCUT2D eigenvalue weighted by atomic mass is 10.3. The van der Waals surface area contributed by atoms with E-state index in [9.17, 15) is 18.0 Å². The standard InChI is InChI=1S/C11H19F3N2O2/c12-11(13,14)9-15(4-2-8-17)6-7-16-5-1-3-10(16)18/h17H,1-9H2. The first kappa shape index (κ1) is 15.2. The zero-order valence-corrected chi connectivity index (χ0v) is 10.2. The van der Waals surface area contributed by atoms with Crippen LogP contribution in [0.1, 0.15) is 19.3 Å². The molecule has 1 amide bonds. The number of aliphatic hydroxyl groups is 1. The van der Waals surface area contributed by atoms with Crippen LogP contribution in [-0.4, -0.2) is 66.3 Å². The number of rotatable bonds is 7. The number of amides is 1. The summed E-state index contributed by atoms with van der Waals surface area (Å²) in [5, 5.41) is 8.66. The van der Waals surface area contributed by atoms with Gasteiger partial charge in [-0.05, 0) is 12.8 Å². The van der Waals surface area contributed by atoms with Crippen molar-refractivity contribution in [2.24, 2.45) is 0 Å². The highest BCUT2D eigenvalue weighted by Gasteiger charge is 2.31. The van der Waals surface area contributed by atoms with Gasteiger partial charge in [0.2, 0.25) is 5.91 Å². The summed E-state index contributed by atoms with van der Waals surface area (Å²) in [6.45, 7) is 0.244. The van der Waals surface area contributed by atoms with Crippen molar-refractivity contribution in [2.75, 3.05) is 39.3 Å². The molecule has 1 aliphatic rings. The predicted molar refractivity (Wildman–Crippen MR) is 60.0 cm³/mol. The number of nitrogens with zero attached hydrogens (tertiary/aromatic N) is 2. The van der Waals surface area contributed by atoms with Gasteiger partial charge in [-0.3, -0.25) is 9.69 Å². The average Bonchev–Trinajstić information content (AvgIpc) is 2.66. The molecule has 18 heavy (non-hydrogen) atoms. The summed E-state index contributed by atoms with van der Waals surface area (Å²) < 4.78 is 37.0. The van der Waals surface area contributed by atoms with Crippen molar-refractivity contribution in [3.63, 3.8) is 0 Å². The summed E-state index contributed by atoms with van der Waals surface area (Å²) in [6.07, 6.45) is -2.65. The third kappa shape index (κ3) is 5.68. The Labute approximate surface area is 104 Å². The molecule has 1 saturated heterocycles. The highest BCUT2D eigenvalue weighted by atomic mass is 19.4. The summed E-state index contributed by atoms with van der Waals surface area (Å²) in [7, 11) is 0. The molecule has 0 aromatic carbocycles. The van der Waals surface area contributed by atoms with Crippen LogP contribution in [0.2, 0.25) is 0 Å². The van der Waals surface area contributed by atoms with Crippen LogP contribution in [0.25, 0.3) is 0 Å². The molecule has 106 valence electrons. The fourth-order valence-corrected chi connectivity index (χ4v) is 2.02. The van der Waals surface area contributed by atoms with E-state index in [1.165, 1.54) is 4.90 Å². The maximum atomic E-state index is 12.3. The van der Waals surface area contributed by atoms with Crippen LogP contribution in [0, 0.1) is 0 Å². The summed E-state index contributed by atoms with van der Waals surface area (Å²) in [5.41, 5.74) is 0. The number of carbonyl (C=O) groups excluding carboxylic acids is 1. The van der Waals surface area contributed by atoms with E-state index in [0.717, 1.165) is 6.42 Å². The monoisotopic (exact) mass is 268 g/mol. The largest absolute Gasteiger partial charge is 0.401 e. The molecule has 1 fully saturated rings. The van der Waals surface area contributed by atoms with E-state index in [1.54, 1.807) is 4.90 Å². The molecular formula is C11H19F3N2O2. The molecule has 0 saturated carbocycles. The van der Waals surface area contributed by atoms with Gasteiger partial charge in [0.05, 0.1) is 6.54 Å². The summed E-state index contributed by atoms with van der Waals surface area (Å²) in [4.78, 5) is 14.2. The van der Waals surface area contributed by atoms with E-state index in [4.69, 9.17) is 5.11 Å². The Balaban J connectivity index is 2.37. The zero-order valence-electron chi connectivity index (χ0n) is 10.2. The van der Waals surface area contributed by atoms with Crippen molar-refractivity contribution in [3.05, 3.63) is 0 Å². The number of halogens is 3. The van der Waals surface area contributed by atoms with E-state index in [0.29, 0.717) is 25.9 Å². The van der Waals surface area contributed by atoms with Crippen molar-refractivity contribution in [1.82, 2.24) is 9.80 Å². The summed E-state index contributed by atoms with van der Waals surface area (Å²) in [5.74, 6) is 0.0177. The van der Waals surface area contributed by atoms with Crippen molar-refractivity contribution < 1.29 is 23.1 Å². The van der Waals surface area contributed by atoms with Gasteiger partial charge in [-0.1, -0.05) is 0 Å². The number of carbonyl (C=O) groups is 1. The Bertz CT molecular complexity index is 272. The third-order valence-electron chi connectivity index (χ3n) is 2.89. The summed E-state index contributed by atoms with van der Waals surface area (Å²) in [6, 6.07) is 0. The molecule has 0 aliphatic carbocycles. The van der Waals surface area contributed by atoms with Crippen LogP contribution in [0.5, 0.6) is 0 Å².